The van der Waals surface area contributed by atoms with E-state index < -0.39 is 0 Å². The van der Waals surface area contributed by atoms with Crippen molar-refractivity contribution in [3.8, 4) is 5.95 Å². The van der Waals surface area contributed by atoms with Gasteiger partial charge in [0, 0.05) is 32.9 Å². The molecule has 0 aliphatic carbocycles. The number of hydrogen-bond acceptors (Lipinski definition) is 6. The standard InChI is InChI=1S/C10H15N7/c1-4-7-12-5-6-17(7)10-14-8(11)13-9(15-10)16(2)3/h5-6H,4H2,1-3H3,(H2,11,13,14,15). The predicted molar refractivity (Wildman–Crippen MR) is 65.1 cm³/mol. The van der Waals surface area contributed by atoms with Gasteiger partial charge in [-0.1, -0.05) is 6.92 Å². The Balaban J connectivity index is 2.52. The minimum absolute atomic E-state index is 0.203. The molecule has 0 spiro atoms. The van der Waals surface area contributed by atoms with E-state index in [0.29, 0.717) is 11.9 Å². The maximum atomic E-state index is 5.67. The highest BCUT2D eigenvalue weighted by Crippen LogP contribution is 2.11. The number of aromatic nitrogens is 5. The molecule has 0 aliphatic rings. The maximum Gasteiger partial charge on any atom is 0.241 e. The largest absolute Gasteiger partial charge is 0.368 e. The first-order valence-electron chi connectivity index (χ1n) is 5.33. The summed E-state index contributed by atoms with van der Waals surface area (Å²) in [4.78, 5) is 18.5. The van der Waals surface area contributed by atoms with Crippen molar-refractivity contribution < 1.29 is 0 Å². The predicted octanol–water partition coefficient (Wildman–Crippen LogP) is 0.268. The number of rotatable bonds is 3. The van der Waals surface area contributed by atoms with Gasteiger partial charge in [0.15, 0.2) is 0 Å². The number of nitrogens with zero attached hydrogens (tertiary/aromatic N) is 6. The van der Waals surface area contributed by atoms with Gasteiger partial charge in [0.2, 0.25) is 17.8 Å². The Morgan fingerprint density at radius 2 is 2.06 bits per heavy atom. The average molecular weight is 233 g/mol. The van der Waals surface area contributed by atoms with Crippen LogP contribution in [0.25, 0.3) is 5.95 Å². The first kappa shape index (κ1) is 11.3. The van der Waals surface area contributed by atoms with Crippen LogP contribution in [0.15, 0.2) is 12.4 Å². The summed E-state index contributed by atoms with van der Waals surface area (Å²) in [6.07, 6.45) is 4.33. The van der Waals surface area contributed by atoms with Gasteiger partial charge in [0.25, 0.3) is 0 Å². The van der Waals surface area contributed by atoms with Gasteiger partial charge in [0.05, 0.1) is 0 Å². The van der Waals surface area contributed by atoms with Crippen LogP contribution in [0.3, 0.4) is 0 Å². The average Bonchev–Trinajstić information content (AvgIpc) is 2.76. The van der Waals surface area contributed by atoms with Crippen LogP contribution in [-0.2, 0) is 6.42 Å². The molecule has 0 amide bonds. The fourth-order valence-corrected chi connectivity index (χ4v) is 1.46. The lowest BCUT2D eigenvalue weighted by Gasteiger charge is -2.12. The second-order valence-corrected chi connectivity index (χ2v) is 3.76. The molecule has 0 aliphatic heterocycles. The Morgan fingerprint density at radius 3 is 2.71 bits per heavy atom. The molecule has 90 valence electrons. The summed E-state index contributed by atoms with van der Waals surface area (Å²) >= 11 is 0. The van der Waals surface area contributed by atoms with Gasteiger partial charge < -0.3 is 10.6 Å². The van der Waals surface area contributed by atoms with Crippen molar-refractivity contribution in [3.05, 3.63) is 18.2 Å². The van der Waals surface area contributed by atoms with Crippen LogP contribution in [0.2, 0.25) is 0 Å². The van der Waals surface area contributed by atoms with Crippen LogP contribution in [0.5, 0.6) is 0 Å². The Morgan fingerprint density at radius 1 is 1.29 bits per heavy atom. The minimum atomic E-state index is 0.203. The third-order valence-electron chi connectivity index (χ3n) is 2.28. The van der Waals surface area contributed by atoms with Gasteiger partial charge in [-0.15, -0.1) is 0 Å². The van der Waals surface area contributed by atoms with Gasteiger partial charge in [-0.05, 0) is 0 Å². The lowest BCUT2D eigenvalue weighted by atomic mass is 10.4. The SMILES string of the molecule is CCc1nccn1-c1nc(N)nc(N(C)C)n1. The quantitative estimate of drug-likeness (QED) is 0.818. The fraction of sp³-hybridized carbons (Fsp3) is 0.400. The van der Waals surface area contributed by atoms with E-state index >= 15 is 0 Å². The molecule has 0 atom stereocenters. The molecule has 0 fully saturated rings. The van der Waals surface area contributed by atoms with Gasteiger partial charge in [0.1, 0.15) is 5.82 Å². The smallest absolute Gasteiger partial charge is 0.241 e. The van der Waals surface area contributed by atoms with Gasteiger partial charge in [-0.25, -0.2) is 4.98 Å². The zero-order valence-electron chi connectivity index (χ0n) is 10.1. The first-order chi connectivity index (χ1) is 8.11. The van der Waals surface area contributed by atoms with Crippen LogP contribution in [0.1, 0.15) is 12.7 Å². The zero-order chi connectivity index (χ0) is 12.4. The minimum Gasteiger partial charge on any atom is -0.368 e. The first-order valence-corrected chi connectivity index (χ1v) is 5.33. The zero-order valence-corrected chi connectivity index (χ0v) is 10.1. The molecule has 0 saturated heterocycles. The van der Waals surface area contributed by atoms with E-state index in [2.05, 4.69) is 19.9 Å². The molecular formula is C10H15N7. The molecule has 0 radical (unpaired) electrons. The molecule has 2 rings (SSSR count). The van der Waals surface area contributed by atoms with E-state index in [9.17, 15) is 0 Å². The van der Waals surface area contributed by atoms with Gasteiger partial charge in [-0.2, -0.15) is 15.0 Å². The number of hydrogen-bond donors (Lipinski definition) is 1. The molecule has 2 aromatic heterocycles. The molecular weight excluding hydrogens is 218 g/mol. The van der Waals surface area contributed by atoms with Crippen LogP contribution < -0.4 is 10.6 Å². The molecule has 7 heteroatoms. The highest BCUT2D eigenvalue weighted by Gasteiger charge is 2.10. The topological polar surface area (TPSA) is 85.8 Å². The molecule has 0 saturated carbocycles. The summed E-state index contributed by atoms with van der Waals surface area (Å²) in [7, 11) is 3.71. The lowest BCUT2D eigenvalue weighted by molar-refractivity contribution is 0.818. The second kappa shape index (κ2) is 4.36. The third-order valence-corrected chi connectivity index (χ3v) is 2.28. The molecule has 0 bridgehead atoms. The van der Waals surface area contributed by atoms with Crippen molar-refractivity contribution in [2.75, 3.05) is 24.7 Å². The molecule has 0 unspecified atom stereocenters. The molecule has 0 aromatic carbocycles. The van der Waals surface area contributed by atoms with E-state index in [1.165, 1.54) is 0 Å². The van der Waals surface area contributed by atoms with Crippen LogP contribution >= 0.6 is 0 Å². The van der Waals surface area contributed by atoms with Crippen LogP contribution in [-0.4, -0.2) is 38.6 Å². The maximum absolute atomic E-state index is 5.67. The van der Waals surface area contributed by atoms with E-state index in [1.807, 2.05) is 31.8 Å². The van der Waals surface area contributed by atoms with Crippen molar-refractivity contribution in [1.29, 1.82) is 0 Å². The number of imidazole rings is 1. The van der Waals surface area contributed by atoms with Crippen molar-refractivity contribution in [2.24, 2.45) is 0 Å². The van der Waals surface area contributed by atoms with E-state index in [4.69, 9.17) is 5.73 Å². The summed E-state index contributed by atoms with van der Waals surface area (Å²) in [5.74, 6) is 2.12. The highest BCUT2D eigenvalue weighted by molar-refractivity contribution is 5.36. The molecule has 2 aromatic rings. The molecule has 7 nitrogen and oxygen atoms in total. The fourth-order valence-electron chi connectivity index (χ4n) is 1.46. The summed E-state index contributed by atoms with van der Waals surface area (Å²) in [6, 6.07) is 0. The van der Waals surface area contributed by atoms with Gasteiger partial charge in [-0.3, -0.25) is 4.57 Å². The summed E-state index contributed by atoms with van der Waals surface area (Å²) in [5, 5.41) is 0. The van der Waals surface area contributed by atoms with Crippen LogP contribution in [0, 0.1) is 0 Å². The molecule has 17 heavy (non-hydrogen) atoms. The summed E-state index contributed by atoms with van der Waals surface area (Å²) in [5.41, 5.74) is 5.67. The summed E-state index contributed by atoms with van der Waals surface area (Å²) < 4.78 is 1.81. The monoisotopic (exact) mass is 233 g/mol. The van der Waals surface area contributed by atoms with E-state index in [0.717, 1.165) is 12.2 Å². The van der Waals surface area contributed by atoms with Crippen LogP contribution in [0.4, 0.5) is 11.9 Å². The molecule has 2 N–H and O–H groups in total. The molecule has 2 heterocycles. The Kier molecular flexibility index (Phi) is 2.90. The Labute approximate surface area is 99.3 Å². The lowest BCUT2D eigenvalue weighted by Crippen LogP contribution is -2.17. The van der Waals surface area contributed by atoms with E-state index in [-0.39, 0.29) is 5.95 Å². The highest BCUT2D eigenvalue weighted by atomic mass is 15.3. The Hall–Kier alpha value is -2.18. The van der Waals surface area contributed by atoms with Gasteiger partial charge >= 0.3 is 0 Å². The number of nitrogen functional groups attached to an aromatic ring is 1. The number of nitrogens with two attached hydrogens (primary N) is 1. The summed E-state index contributed by atoms with van der Waals surface area (Å²) in [6.45, 7) is 2.02. The second-order valence-electron chi connectivity index (χ2n) is 3.76. The third kappa shape index (κ3) is 2.17. The normalized spacial score (nSPS) is 10.5. The van der Waals surface area contributed by atoms with Crippen molar-refractivity contribution in [2.45, 2.75) is 13.3 Å². The Bertz CT molecular complexity index is 517. The van der Waals surface area contributed by atoms with Crippen molar-refractivity contribution >= 4 is 11.9 Å². The van der Waals surface area contributed by atoms with Crippen molar-refractivity contribution in [3.63, 3.8) is 0 Å². The number of aryl methyl sites for hydroxylation is 1. The van der Waals surface area contributed by atoms with Crippen molar-refractivity contribution in [1.82, 2.24) is 24.5 Å². The van der Waals surface area contributed by atoms with E-state index in [1.54, 1.807) is 11.1 Å². The number of anilines is 2.